The van der Waals surface area contributed by atoms with E-state index in [1.165, 1.54) is 0 Å². The summed E-state index contributed by atoms with van der Waals surface area (Å²) in [6.45, 7) is 0.432. The molecule has 2 aliphatic rings. The van der Waals surface area contributed by atoms with Gasteiger partial charge in [-0.25, -0.2) is 0 Å². The van der Waals surface area contributed by atoms with Gasteiger partial charge in [0.25, 0.3) is 5.91 Å². The lowest BCUT2D eigenvalue weighted by Gasteiger charge is -2.22. The number of hydrogen-bond acceptors (Lipinski definition) is 3. The third-order valence-corrected chi connectivity index (χ3v) is 3.62. The maximum atomic E-state index is 12.5. The summed E-state index contributed by atoms with van der Waals surface area (Å²) >= 11 is 0. The largest absolute Gasteiger partial charge is 0.397 e. The van der Waals surface area contributed by atoms with Gasteiger partial charge in [0, 0.05) is 24.8 Å². The molecule has 0 saturated heterocycles. The number of carbonyl (C=O) groups excluding carboxylic acids is 1. The Hall–Kier alpha value is -1.49. The van der Waals surface area contributed by atoms with E-state index in [1.807, 2.05) is 10.8 Å². The van der Waals surface area contributed by atoms with E-state index in [0.717, 1.165) is 25.7 Å². The first-order valence-corrected chi connectivity index (χ1v) is 6.60. The maximum Gasteiger partial charge on any atom is 0.270 e. The van der Waals surface area contributed by atoms with Crippen molar-refractivity contribution < 1.29 is 9.90 Å². The van der Waals surface area contributed by atoms with Gasteiger partial charge >= 0.3 is 0 Å². The van der Waals surface area contributed by atoms with Gasteiger partial charge in [0.05, 0.1) is 12.3 Å². The zero-order valence-corrected chi connectivity index (χ0v) is 10.4. The molecule has 18 heavy (non-hydrogen) atoms. The molecule has 98 valence electrons. The topological polar surface area (TPSA) is 71.5 Å². The first kappa shape index (κ1) is 11.6. The van der Waals surface area contributed by atoms with Crippen LogP contribution in [0.3, 0.4) is 0 Å². The standard InChI is InChI=1S/C13H19N3O2/c14-9-7-12(16(8-9)11-3-4-11)13(18)15(5-6-17)10-1-2-10/h7-8,10-11,17H,1-6,14H2. The Morgan fingerprint density at radius 2 is 2.17 bits per heavy atom. The lowest BCUT2D eigenvalue weighted by Crippen LogP contribution is -2.36. The Kier molecular flexibility index (Phi) is 2.78. The zero-order valence-electron chi connectivity index (χ0n) is 10.4. The van der Waals surface area contributed by atoms with Gasteiger partial charge in [-0.05, 0) is 31.7 Å². The van der Waals surface area contributed by atoms with Gasteiger partial charge in [0.15, 0.2) is 0 Å². The van der Waals surface area contributed by atoms with E-state index in [4.69, 9.17) is 10.8 Å². The Morgan fingerprint density at radius 3 is 2.72 bits per heavy atom. The maximum absolute atomic E-state index is 12.5. The van der Waals surface area contributed by atoms with E-state index >= 15 is 0 Å². The molecule has 3 N–H and O–H groups in total. The molecule has 0 spiro atoms. The summed E-state index contributed by atoms with van der Waals surface area (Å²) in [7, 11) is 0. The Morgan fingerprint density at radius 1 is 1.44 bits per heavy atom. The van der Waals surface area contributed by atoms with Crippen molar-refractivity contribution >= 4 is 11.6 Å². The van der Waals surface area contributed by atoms with Crippen LogP contribution in [0.5, 0.6) is 0 Å². The van der Waals surface area contributed by atoms with Crippen LogP contribution < -0.4 is 5.73 Å². The molecule has 1 heterocycles. The van der Waals surface area contributed by atoms with E-state index in [0.29, 0.717) is 30.0 Å². The van der Waals surface area contributed by atoms with Gasteiger partial charge in [-0.3, -0.25) is 4.79 Å². The molecule has 0 unspecified atom stereocenters. The smallest absolute Gasteiger partial charge is 0.270 e. The highest BCUT2D eigenvalue weighted by molar-refractivity contribution is 5.94. The Balaban J connectivity index is 1.85. The molecule has 0 bridgehead atoms. The summed E-state index contributed by atoms with van der Waals surface area (Å²) in [6.07, 6.45) is 6.20. The van der Waals surface area contributed by atoms with Crippen LogP contribution in [0, 0.1) is 0 Å². The van der Waals surface area contributed by atoms with Crippen molar-refractivity contribution in [3.8, 4) is 0 Å². The number of amides is 1. The summed E-state index contributed by atoms with van der Waals surface area (Å²) in [6, 6.07) is 2.51. The number of nitrogens with zero attached hydrogens (tertiary/aromatic N) is 2. The molecule has 0 aromatic carbocycles. The molecule has 0 aliphatic heterocycles. The second-order valence-electron chi connectivity index (χ2n) is 5.25. The molecule has 3 rings (SSSR count). The predicted octanol–water partition coefficient (Wildman–Crippen LogP) is 1.00. The molecule has 0 radical (unpaired) electrons. The molecule has 2 fully saturated rings. The van der Waals surface area contributed by atoms with Crippen molar-refractivity contribution in [3.05, 3.63) is 18.0 Å². The predicted molar refractivity (Wildman–Crippen MR) is 68.3 cm³/mol. The van der Waals surface area contributed by atoms with Crippen molar-refractivity contribution in [3.63, 3.8) is 0 Å². The summed E-state index contributed by atoms with van der Waals surface area (Å²) in [5, 5.41) is 9.08. The molecule has 1 amide bonds. The minimum atomic E-state index is 0.00940. The summed E-state index contributed by atoms with van der Waals surface area (Å²) in [5.74, 6) is 0.00940. The molecule has 1 aromatic heterocycles. The number of aromatic nitrogens is 1. The van der Waals surface area contributed by atoms with Crippen LogP contribution in [0.2, 0.25) is 0 Å². The van der Waals surface area contributed by atoms with Crippen molar-refractivity contribution in [2.24, 2.45) is 0 Å². The number of aliphatic hydroxyl groups excluding tert-OH is 1. The monoisotopic (exact) mass is 249 g/mol. The lowest BCUT2D eigenvalue weighted by molar-refractivity contribution is 0.0696. The molecule has 2 saturated carbocycles. The number of carbonyl (C=O) groups is 1. The van der Waals surface area contributed by atoms with Gasteiger partial charge in [-0.2, -0.15) is 0 Å². The second-order valence-corrected chi connectivity index (χ2v) is 5.25. The molecule has 0 atom stereocenters. The fourth-order valence-corrected chi connectivity index (χ4v) is 2.42. The third kappa shape index (κ3) is 2.10. The van der Waals surface area contributed by atoms with Crippen LogP contribution in [0.15, 0.2) is 12.3 Å². The number of hydrogen-bond donors (Lipinski definition) is 2. The van der Waals surface area contributed by atoms with Gasteiger partial charge in [-0.15, -0.1) is 0 Å². The Bertz CT molecular complexity index is 461. The van der Waals surface area contributed by atoms with E-state index in [2.05, 4.69) is 0 Å². The average Bonchev–Trinajstić information content (AvgIpc) is 3.24. The van der Waals surface area contributed by atoms with Gasteiger partial charge < -0.3 is 20.3 Å². The molecule has 1 aromatic rings. The van der Waals surface area contributed by atoms with Crippen molar-refractivity contribution in [1.29, 1.82) is 0 Å². The SMILES string of the molecule is Nc1cc(C(=O)N(CCO)C2CC2)n(C2CC2)c1. The van der Waals surface area contributed by atoms with Gasteiger partial charge in [0.2, 0.25) is 0 Å². The zero-order chi connectivity index (χ0) is 12.7. The fraction of sp³-hybridized carbons (Fsp3) is 0.615. The van der Waals surface area contributed by atoms with Crippen LogP contribution in [0.1, 0.15) is 42.2 Å². The van der Waals surface area contributed by atoms with Crippen LogP contribution in [0.25, 0.3) is 0 Å². The van der Waals surface area contributed by atoms with E-state index in [9.17, 15) is 4.79 Å². The highest BCUT2D eigenvalue weighted by Gasteiger charge is 2.35. The molecule has 5 nitrogen and oxygen atoms in total. The Labute approximate surface area is 106 Å². The van der Waals surface area contributed by atoms with Crippen molar-refractivity contribution in [1.82, 2.24) is 9.47 Å². The summed E-state index contributed by atoms with van der Waals surface area (Å²) in [4.78, 5) is 14.3. The van der Waals surface area contributed by atoms with Crippen LogP contribution in [-0.2, 0) is 0 Å². The number of anilines is 1. The molecular formula is C13H19N3O2. The van der Waals surface area contributed by atoms with Crippen LogP contribution in [-0.4, -0.2) is 39.7 Å². The highest BCUT2D eigenvalue weighted by Crippen LogP contribution is 2.38. The molecular weight excluding hydrogens is 230 g/mol. The van der Waals surface area contributed by atoms with Crippen LogP contribution >= 0.6 is 0 Å². The lowest BCUT2D eigenvalue weighted by atomic mass is 10.3. The number of aliphatic hydroxyl groups is 1. The second kappa shape index (κ2) is 4.31. The number of nitrogen functional groups attached to an aromatic ring is 1. The van der Waals surface area contributed by atoms with Crippen molar-refractivity contribution in [2.45, 2.75) is 37.8 Å². The normalized spacial score (nSPS) is 18.9. The van der Waals surface area contributed by atoms with E-state index < -0.39 is 0 Å². The van der Waals surface area contributed by atoms with E-state index in [-0.39, 0.29) is 12.5 Å². The quantitative estimate of drug-likeness (QED) is 0.818. The summed E-state index contributed by atoms with van der Waals surface area (Å²) in [5.41, 5.74) is 7.13. The fourth-order valence-electron chi connectivity index (χ4n) is 2.42. The summed E-state index contributed by atoms with van der Waals surface area (Å²) < 4.78 is 2.00. The number of rotatable bonds is 5. The molecule has 2 aliphatic carbocycles. The van der Waals surface area contributed by atoms with Gasteiger partial charge in [0.1, 0.15) is 5.69 Å². The minimum absolute atomic E-state index is 0.00940. The van der Waals surface area contributed by atoms with Crippen LogP contribution in [0.4, 0.5) is 5.69 Å². The van der Waals surface area contributed by atoms with Crippen molar-refractivity contribution in [2.75, 3.05) is 18.9 Å². The third-order valence-electron chi connectivity index (χ3n) is 3.62. The highest BCUT2D eigenvalue weighted by atomic mass is 16.3. The average molecular weight is 249 g/mol. The van der Waals surface area contributed by atoms with E-state index in [1.54, 1.807) is 11.0 Å². The van der Waals surface area contributed by atoms with Gasteiger partial charge in [-0.1, -0.05) is 0 Å². The molecule has 5 heteroatoms. The minimum Gasteiger partial charge on any atom is -0.397 e. The first-order chi connectivity index (χ1) is 8.70. The number of nitrogens with two attached hydrogens (primary N) is 1. The first-order valence-electron chi connectivity index (χ1n) is 6.60.